The van der Waals surface area contributed by atoms with Crippen LogP contribution in [0.3, 0.4) is 0 Å². The van der Waals surface area contributed by atoms with Gasteiger partial charge in [-0.3, -0.25) is 4.98 Å². The summed E-state index contributed by atoms with van der Waals surface area (Å²) in [4.78, 5) is 20.7. The molecule has 10 heteroatoms. The summed E-state index contributed by atoms with van der Waals surface area (Å²) in [7, 11) is -2.18. The summed E-state index contributed by atoms with van der Waals surface area (Å²) in [6.45, 7) is 3.68. The molecule has 0 unspecified atom stereocenters. The molecule has 0 atom stereocenters. The van der Waals surface area contributed by atoms with Gasteiger partial charge in [-0.2, -0.15) is 9.29 Å². The highest BCUT2D eigenvalue weighted by Gasteiger charge is 2.24. The van der Waals surface area contributed by atoms with Crippen molar-refractivity contribution in [1.82, 2.24) is 19.4 Å². The molecule has 31 heavy (non-hydrogen) atoms. The number of sulfonamides is 1. The van der Waals surface area contributed by atoms with Crippen LogP contribution >= 0.6 is 0 Å². The molecule has 0 radical (unpaired) electrons. The first-order valence-corrected chi connectivity index (χ1v) is 11.2. The maximum Gasteiger partial charge on any atom is 0.338 e. The fraction of sp³-hybridized carbons (Fsp3) is 0.333. The summed E-state index contributed by atoms with van der Waals surface area (Å²) < 4.78 is 37.0. The Morgan fingerprint density at radius 3 is 2.74 bits per heavy atom. The van der Waals surface area contributed by atoms with Crippen molar-refractivity contribution in [3.63, 3.8) is 0 Å². The first kappa shape index (κ1) is 22.6. The van der Waals surface area contributed by atoms with Gasteiger partial charge in [-0.05, 0) is 50.6 Å². The molecule has 3 aromatic rings. The predicted octanol–water partition coefficient (Wildman–Crippen LogP) is 2.95. The number of aryl methyl sites for hydroxylation is 1. The zero-order valence-corrected chi connectivity index (χ0v) is 18.4. The van der Waals surface area contributed by atoms with Crippen LogP contribution in [0.1, 0.15) is 36.5 Å². The third-order valence-electron chi connectivity index (χ3n) is 4.63. The SMILES string of the molecule is CC(C)N(C)S(=O)(=O)c1cccc(C(=O)OCCCc2nc(-c3cccnc3)no2)c1. The van der Waals surface area contributed by atoms with Gasteiger partial charge in [0.25, 0.3) is 0 Å². The highest BCUT2D eigenvalue weighted by atomic mass is 32.2. The molecule has 3 rings (SSSR count). The van der Waals surface area contributed by atoms with Crippen molar-refractivity contribution in [2.75, 3.05) is 13.7 Å². The number of nitrogens with zero attached hydrogens (tertiary/aromatic N) is 4. The number of carbonyl (C=O) groups excluding carboxylic acids is 1. The van der Waals surface area contributed by atoms with Crippen LogP contribution in [0.25, 0.3) is 11.4 Å². The molecule has 2 heterocycles. The van der Waals surface area contributed by atoms with Crippen LogP contribution in [0, 0.1) is 0 Å². The summed E-state index contributed by atoms with van der Waals surface area (Å²) in [5, 5.41) is 3.91. The Labute approximate surface area is 181 Å². The predicted molar refractivity (Wildman–Crippen MR) is 113 cm³/mol. The van der Waals surface area contributed by atoms with Gasteiger partial charge in [0.15, 0.2) is 0 Å². The smallest absolute Gasteiger partial charge is 0.338 e. The number of carbonyl (C=O) groups is 1. The van der Waals surface area contributed by atoms with E-state index in [1.165, 1.54) is 35.6 Å². The van der Waals surface area contributed by atoms with Crippen LogP contribution in [0.5, 0.6) is 0 Å². The zero-order valence-electron chi connectivity index (χ0n) is 17.6. The van der Waals surface area contributed by atoms with Gasteiger partial charge in [0.1, 0.15) is 0 Å². The standard InChI is InChI=1S/C21H24N4O5S/c1-15(2)25(3)31(27,28)18-9-4-7-16(13-18)21(26)29-12-6-10-19-23-20(24-30-19)17-8-5-11-22-14-17/h4-5,7-9,11,13-15H,6,10,12H2,1-3H3. The number of aromatic nitrogens is 3. The molecule has 0 saturated carbocycles. The van der Waals surface area contributed by atoms with Crippen LogP contribution in [0.15, 0.2) is 58.2 Å². The third kappa shape index (κ3) is 5.53. The van der Waals surface area contributed by atoms with Gasteiger partial charge in [0, 0.05) is 37.5 Å². The van der Waals surface area contributed by atoms with Crippen LogP contribution in [-0.2, 0) is 21.2 Å². The first-order chi connectivity index (χ1) is 14.8. The molecule has 9 nitrogen and oxygen atoms in total. The summed E-state index contributed by atoms with van der Waals surface area (Å²) in [5.41, 5.74) is 0.928. The Balaban J connectivity index is 1.54. The monoisotopic (exact) mass is 444 g/mol. The van der Waals surface area contributed by atoms with Gasteiger partial charge in [-0.1, -0.05) is 11.2 Å². The van der Waals surface area contributed by atoms with Gasteiger partial charge < -0.3 is 9.26 Å². The molecule has 164 valence electrons. The average molecular weight is 445 g/mol. The Bertz CT molecular complexity index is 1130. The topological polar surface area (TPSA) is 115 Å². The molecular weight excluding hydrogens is 420 g/mol. The Morgan fingerprint density at radius 1 is 1.23 bits per heavy atom. The van der Waals surface area contributed by atoms with Crippen molar-refractivity contribution < 1.29 is 22.5 Å². The lowest BCUT2D eigenvalue weighted by molar-refractivity contribution is 0.0498. The molecule has 0 aliphatic rings. The van der Waals surface area contributed by atoms with E-state index in [-0.39, 0.29) is 23.1 Å². The van der Waals surface area contributed by atoms with Crippen molar-refractivity contribution in [3.05, 3.63) is 60.2 Å². The van der Waals surface area contributed by atoms with E-state index in [0.717, 1.165) is 5.56 Å². The van der Waals surface area contributed by atoms with E-state index >= 15 is 0 Å². The first-order valence-electron chi connectivity index (χ1n) is 9.77. The normalized spacial score (nSPS) is 11.8. The second-order valence-electron chi connectivity index (χ2n) is 7.14. The highest BCUT2D eigenvalue weighted by Crippen LogP contribution is 2.19. The second kappa shape index (κ2) is 9.80. The Kier molecular flexibility index (Phi) is 7.13. The fourth-order valence-corrected chi connectivity index (χ4v) is 4.08. The highest BCUT2D eigenvalue weighted by molar-refractivity contribution is 7.89. The number of hydrogen-bond acceptors (Lipinski definition) is 8. The van der Waals surface area contributed by atoms with Crippen molar-refractivity contribution >= 4 is 16.0 Å². The lowest BCUT2D eigenvalue weighted by Crippen LogP contribution is -2.33. The van der Waals surface area contributed by atoms with E-state index in [9.17, 15) is 13.2 Å². The van der Waals surface area contributed by atoms with E-state index in [1.54, 1.807) is 32.3 Å². The molecule has 1 aromatic carbocycles. The lowest BCUT2D eigenvalue weighted by atomic mass is 10.2. The summed E-state index contributed by atoms with van der Waals surface area (Å²) in [5.74, 6) is 0.287. The minimum absolute atomic E-state index is 0.0481. The number of esters is 1. The summed E-state index contributed by atoms with van der Waals surface area (Å²) in [6, 6.07) is 9.24. The fourth-order valence-electron chi connectivity index (χ4n) is 2.67. The number of ether oxygens (including phenoxy) is 1. The minimum atomic E-state index is -3.68. The van der Waals surface area contributed by atoms with Crippen LogP contribution < -0.4 is 0 Å². The molecule has 0 spiro atoms. The quantitative estimate of drug-likeness (QED) is 0.365. The van der Waals surface area contributed by atoms with Crippen molar-refractivity contribution in [2.45, 2.75) is 37.6 Å². The van der Waals surface area contributed by atoms with Gasteiger partial charge in [-0.25, -0.2) is 13.2 Å². The van der Waals surface area contributed by atoms with Crippen LogP contribution in [-0.4, -0.2) is 53.5 Å². The second-order valence-corrected chi connectivity index (χ2v) is 9.13. The molecule has 0 bridgehead atoms. The van der Waals surface area contributed by atoms with Gasteiger partial charge in [-0.15, -0.1) is 0 Å². The summed E-state index contributed by atoms with van der Waals surface area (Å²) in [6.07, 6.45) is 4.22. The molecular formula is C21H24N4O5S. The Hall–Kier alpha value is -3.11. The summed E-state index contributed by atoms with van der Waals surface area (Å²) >= 11 is 0. The van der Waals surface area contributed by atoms with Gasteiger partial charge >= 0.3 is 5.97 Å². The van der Waals surface area contributed by atoms with Gasteiger partial charge in [0.05, 0.1) is 17.1 Å². The Morgan fingerprint density at radius 2 is 2.03 bits per heavy atom. The molecule has 0 amide bonds. The molecule has 0 aliphatic heterocycles. The van der Waals surface area contributed by atoms with E-state index < -0.39 is 16.0 Å². The molecule has 0 N–H and O–H groups in total. The number of rotatable bonds is 9. The largest absolute Gasteiger partial charge is 0.462 e. The van der Waals surface area contributed by atoms with E-state index in [1.807, 2.05) is 6.07 Å². The lowest BCUT2D eigenvalue weighted by Gasteiger charge is -2.21. The van der Waals surface area contributed by atoms with Crippen LogP contribution in [0.2, 0.25) is 0 Å². The van der Waals surface area contributed by atoms with Crippen LogP contribution in [0.4, 0.5) is 0 Å². The average Bonchev–Trinajstić information content (AvgIpc) is 3.25. The van der Waals surface area contributed by atoms with E-state index in [0.29, 0.717) is 24.6 Å². The third-order valence-corrected chi connectivity index (χ3v) is 6.66. The van der Waals surface area contributed by atoms with E-state index in [2.05, 4.69) is 15.1 Å². The van der Waals surface area contributed by atoms with Crippen molar-refractivity contribution in [3.8, 4) is 11.4 Å². The minimum Gasteiger partial charge on any atom is -0.462 e. The number of benzene rings is 1. The van der Waals surface area contributed by atoms with Gasteiger partial charge in [0.2, 0.25) is 21.7 Å². The van der Waals surface area contributed by atoms with Crippen molar-refractivity contribution in [1.29, 1.82) is 0 Å². The number of hydrogen-bond donors (Lipinski definition) is 0. The molecule has 0 saturated heterocycles. The maximum absolute atomic E-state index is 12.6. The molecule has 2 aromatic heterocycles. The molecule has 0 fully saturated rings. The molecule has 0 aliphatic carbocycles. The number of pyridine rings is 1. The van der Waals surface area contributed by atoms with E-state index in [4.69, 9.17) is 9.26 Å². The van der Waals surface area contributed by atoms with Crippen molar-refractivity contribution in [2.24, 2.45) is 0 Å². The zero-order chi connectivity index (χ0) is 22.4. The maximum atomic E-state index is 12.6.